The van der Waals surface area contributed by atoms with Gasteiger partial charge in [-0.3, -0.25) is 4.90 Å². The van der Waals surface area contributed by atoms with Crippen LogP contribution in [0.4, 0.5) is 0 Å². The van der Waals surface area contributed by atoms with Gasteiger partial charge in [-0.05, 0) is 101 Å². The summed E-state index contributed by atoms with van der Waals surface area (Å²) in [5.41, 5.74) is 5.24. The lowest BCUT2D eigenvalue weighted by Gasteiger charge is -2.61. The van der Waals surface area contributed by atoms with Crippen molar-refractivity contribution in [2.24, 2.45) is 5.41 Å². The zero-order valence-corrected chi connectivity index (χ0v) is 24.7. The fourth-order valence-electron chi connectivity index (χ4n) is 6.02. The van der Waals surface area contributed by atoms with Crippen molar-refractivity contribution in [2.75, 3.05) is 28.3 Å². The minimum atomic E-state index is -0.221. The van der Waals surface area contributed by atoms with Crippen LogP contribution in [0, 0.1) is 5.41 Å². The summed E-state index contributed by atoms with van der Waals surface area (Å²) in [6.07, 6.45) is 0. The summed E-state index contributed by atoms with van der Waals surface area (Å²) in [7, 11) is 7.98. The third kappa shape index (κ3) is 3.60. The Balaban J connectivity index is 0.000000320. The van der Waals surface area contributed by atoms with Gasteiger partial charge in [0.2, 0.25) is 0 Å². The largest absolute Gasteiger partial charge is 0.375 e. The number of allylic oxidation sites excluding steroid dienone is 1. The van der Waals surface area contributed by atoms with Gasteiger partial charge in [0.15, 0.2) is 0 Å². The minimum Gasteiger partial charge on any atom is -0.375 e. The van der Waals surface area contributed by atoms with E-state index in [9.17, 15) is 0 Å². The lowest BCUT2D eigenvalue weighted by atomic mass is 9.59. The van der Waals surface area contributed by atoms with Crippen LogP contribution in [0.1, 0.15) is 96.9 Å². The van der Waals surface area contributed by atoms with Gasteiger partial charge in [0.05, 0.1) is 11.1 Å². The van der Waals surface area contributed by atoms with Crippen LogP contribution in [0.3, 0.4) is 0 Å². The van der Waals surface area contributed by atoms with E-state index in [2.05, 4.69) is 121 Å². The molecule has 0 aromatic heterocycles. The maximum absolute atomic E-state index is 5.92. The monoisotopic (exact) mass is 450 g/mol. The van der Waals surface area contributed by atoms with Crippen LogP contribution >= 0.6 is 0 Å². The lowest BCUT2D eigenvalue weighted by molar-refractivity contribution is -0.163. The van der Waals surface area contributed by atoms with Gasteiger partial charge in [-0.15, -0.1) is 0 Å². The second-order valence-corrected chi connectivity index (χ2v) is 12.4. The molecule has 2 aliphatic rings. The Morgan fingerprint density at radius 3 is 1.41 bits per heavy atom. The molecule has 0 aromatic carbocycles. The molecular weight excluding hydrogens is 396 g/mol. The highest BCUT2D eigenvalue weighted by Crippen LogP contribution is 2.53. The number of rotatable bonds is 2. The molecule has 0 radical (unpaired) electrons. The molecule has 2 rings (SSSR count). The van der Waals surface area contributed by atoms with E-state index in [0.29, 0.717) is 0 Å². The van der Waals surface area contributed by atoms with E-state index in [1.54, 1.807) is 0 Å². The molecule has 0 bridgehead atoms. The average molecular weight is 451 g/mol. The molecule has 0 aromatic rings. The van der Waals surface area contributed by atoms with E-state index in [0.717, 1.165) is 0 Å². The molecule has 188 valence electrons. The molecule has 2 unspecified atom stereocenters. The SMILES string of the molecule is COC1(C)C(C)(C)C(C)=C(C)N(C)C1(C)C.COC1(C)C(C)=C(C)C(C)(C)N(C)C1(C)C. The van der Waals surface area contributed by atoms with E-state index >= 15 is 0 Å². The first-order valence-corrected chi connectivity index (χ1v) is 12.0. The van der Waals surface area contributed by atoms with E-state index in [1.807, 2.05) is 14.2 Å². The molecule has 2 aliphatic heterocycles. The lowest BCUT2D eigenvalue weighted by Crippen LogP contribution is -2.68. The summed E-state index contributed by atoms with van der Waals surface area (Å²) < 4.78 is 11.8. The molecule has 2 atom stereocenters. The quantitative estimate of drug-likeness (QED) is 0.439. The van der Waals surface area contributed by atoms with Gasteiger partial charge in [0.25, 0.3) is 0 Å². The summed E-state index contributed by atoms with van der Waals surface area (Å²) in [6.45, 7) is 31.4. The zero-order chi connectivity index (χ0) is 25.9. The van der Waals surface area contributed by atoms with Crippen molar-refractivity contribution in [3.8, 4) is 0 Å². The third-order valence-corrected chi connectivity index (χ3v) is 11.0. The van der Waals surface area contributed by atoms with Gasteiger partial charge in [-0.2, -0.15) is 0 Å². The predicted octanol–water partition coefficient (Wildman–Crippen LogP) is 6.67. The summed E-state index contributed by atoms with van der Waals surface area (Å²) >= 11 is 0. The highest BCUT2D eigenvalue weighted by atomic mass is 16.5. The molecule has 0 saturated heterocycles. The average Bonchev–Trinajstić information content (AvgIpc) is 2.72. The Morgan fingerprint density at radius 2 is 1.03 bits per heavy atom. The molecule has 4 heteroatoms. The number of methoxy groups -OCH3 is 2. The summed E-state index contributed by atoms with van der Waals surface area (Å²) in [5.74, 6) is 0. The number of ether oxygens (including phenoxy) is 2. The highest BCUT2D eigenvalue weighted by Gasteiger charge is 2.58. The number of likely N-dealkylation sites (N-methyl/N-ethyl adjacent to an activating group) is 2. The van der Waals surface area contributed by atoms with Crippen molar-refractivity contribution in [2.45, 2.75) is 125 Å². The van der Waals surface area contributed by atoms with Crippen LogP contribution in [0.25, 0.3) is 0 Å². The Hall–Kier alpha value is -0.840. The van der Waals surface area contributed by atoms with E-state index in [4.69, 9.17) is 9.47 Å². The summed E-state index contributed by atoms with van der Waals surface area (Å²) in [4.78, 5) is 4.77. The maximum atomic E-state index is 5.92. The first-order chi connectivity index (χ1) is 14.1. The predicted molar refractivity (Wildman–Crippen MR) is 139 cm³/mol. The minimum absolute atomic E-state index is 0.0190. The summed E-state index contributed by atoms with van der Waals surface area (Å²) in [5, 5.41) is 0. The number of nitrogens with zero attached hydrogens (tertiary/aromatic N) is 2. The molecule has 32 heavy (non-hydrogen) atoms. The van der Waals surface area contributed by atoms with Crippen molar-refractivity contribution in [1.82, 2.24) is 9.80 Å². The first kappa shape index (κ1) is 29.2. The van der Waals surface area contributed by atoms with Crippen LogP contribution in [0.5, 0.6) is 0 Å². The first-order valence-electron chi connectivity index (χ1n) is 12.0. The highest BCUT2D eigenvalue weighted by molar-refractivity contribution is 5.37. The van der Waals surface area contributed by atoms with E-state index in [-0.39, 0.29) is 33.2 Å². The van der Waals surface area contributed by atoms with Crippen molar-refractivity contribution < 1.29 is 9.47 Å². The fourth-order valence-corrected chi connectivity index (χ4v) is 6.02. The second-order valence-electron chi connectivity index (χ2n) is 12.4. The third-order valence-electron chi connectivity index (χ3n) is 11.0. The van der Waals surface area contributed by atoms with Gasteiger partial charge in [-0.25, -0.2) is 0 Å². The number of hydrogen-bond donors (Lipinski definition) is 0. The van der Waals surface area contributed by atoms with Crippen molar-refractivity contribution >= 4 is 0 Å². The normalized spacial score (nSPS) is 33.8. The van der Waals surface area contributed by atoms with Crippen LogP contribution in [0.15, 0.2) is 22.4 Å². The van der Waals surface area contributed by atoms with Gasteiger partial charge < -0.3 is 14.4 Å². The van der Waals surface area contributed by atoms with Gasteiger partial charge >= 0.3 is 0 Å². The van der Waals surface area contributed by atoms with Crippen molar-refractivity contribution in [3.05, 3.63) is 22.4 Å². The molecule has 0 N–H and O–H groups in total. The summed E-state index contributed by atoms with van der Waals surface area (Å²) in [6, 6.07) is 0. The van der Waals surface area contributed by atoms with E-state index in [1.165, 1.54) is 22.4 Å². The smallest absolute Gasteiger partial charge is 0.104 e. The van der Waals surface area contributed by atoms with Crippen LogP contribution in [-0.4, -0.2) is 65.9 Å². The topological polar surface area (TPSA) is 24.9 Å². The second kappa shape index (κ2) is 8.43. The Morgan fingerprint density at radius 1 is 0.594 bits per heavy atom. The molecule has 2 heterocycles. The van der Waals surface area contributed by atoms with Gasteiger partial charge in [-0.1, -0.05) is 19.4 Å². The molecule has 0 aliphatic carbocycles. The zero-order valence-electron chi connectivity index (χ0n) is 24.7. The van der Waals surface area contributed by atoms with Crippen molar-refractivity contribution in [1.29, 1.82) is 0 Å². The molecular formula is C28H54N2O2. The maximum Gasteiger partial charge on any atom is 0.104 e. The fraction of sp³-hybridized carbons (Fsp3) is 0.857. The Bertz CT molecular complexity index is 785. The molecule has 4 nitrogen and oxygen atoms in total. The van der Waals surface area contributed by atoms with Gasteiger partial charge in [0, 0.05) is 43.5 Å². The van der Waals surface area contributed by atoms with E-state index < -0.39 is 0 Å². The molecule has 0 amide bonds. The molecule has 0 spiro atoms. The number of hydrogen-bond acceptors (Lipinski definition) is 4. The van der Waals surface area contributed by atoms with Gasteiger partial charge in [0.1, 0.15) is 5.60 Å². The standard InChI is InChI=1S/2C14H27NO/c1-10-11(2)15(8)13(5,6)14(7,16-9)12(10,3)4;1-10-11(2)14(7,16-9)13(5,6)15(8)12(10,3)4/h2*1-9H3. The Labute approximate surface area is 200 Å². The van der Waals surface area contributed by atoms with Crippen LogP contribution < -0.4 is 0 Å². The van der Waals surface area contributed by atoms with Crippen LogP contribution in [0.2, 0.25) is 0 Å². The molecule has 0 fully saturated rings. The van der Waals surface area contributed by atoms with Crippen molar-refractivity contribution in [3.63, 3.8) is 0 Å². The Kier molecular flexibility index (Phi) is 7.69. The molecule has 0 saturated carbocycles. The van der Waals surface area contributed by atoms with Crippen LogP contribution in [-0.2, 0) is 9.47 Å².